The highest BCUT2D eigenvalue weighted by Crippen LogP contribution is 2.21. The summed E-state index contributed by atoms with van der Waals surface area (Å²) in [5.41, 5.74) is 7.12. The minimum Gasteiger partial charge on any atom is -0.489 e. The van der Waals surface area contributed by atoms with Gasteiger partial charge in [-0.25, -0.2) is 4.39 Å². The lowest BCUT2D eigenvalue weighted by atomic mass is 10.1. The molecule has 0 spiro atoms. The molecule has 0 bridgehead atoms. The number of halogens is 1. The van der Waals surface area contributed by atoms with Gasteiger partial charge in [0.15, 0.2) is 0 Å². The average Bonchev–Trinajstić information content (AvgIpc) is 2.37. The molecule has 2 rings (SSSR count). The second-order valence-electron chi connectivity index (χ2n) is 4.12. The molecule has 0 radical (unpaired) electrons. The van der Waals surface area contributed by atoms with Gasteiger partial charge in [-0.3, -0.25) is 4.98 Å². The number of aromatic nitrogens is 1. The zero-order valence-electron chi connectivity index (χ0n) is 10.1. The third kappa shape index (κ3) is 3.05. The van der Waals surface area contributed by atoms with E-state index in [2.05, 4.69) is 4.98 Å². The molecule has 2 aromatic rings. The maximum absolute atomic E-state index is 13.7. The van der Waals surface area contributed by atoms with Crippen LogP contribution in [0.3, 0.4) is 0 Å². The molecule has 2 N–H and O–H groups in total. The predicted molar refractivity (Wildman–Crippen MR) is 67.6 cm³/mol. The van der Waals surface area contributed by atoms with E-state index >= 15 is 0 Å². The summed E-state index contributed by atoms with van der Waals surface area (Å²) >= 11 is 0. The third-order valence-electron chi connectivity index (χ3n) is 2.62. The molecule has 0 aliphatic heterocycles. The molecule has 1 heterocycles. The Kier molecular flexibility index (Phi) is 3.89. The number of ether oxygens (including phenoxy) is 1. The second kappa shape index (κ2) is 5.60. The van der Waals surface area contributed by atoms with Crippen LogP contribution in [0.15, 0.2) is 42.7 Å². The molecule has 0 fully saturated rings. The number of benzene rings is 1. The molecule has 1 atom stereocenters. The number of nitrogens with zero attached hydrogens (tertiary/aromatic N) is 1. The first-order chi connectivity index (χ1) is 8.66. The second-order valence-corrected chi connectivity index (χ2v) is 4.12. The molecule has 0 aliphatic rings. The maximum Gasteiger partial charge on any atom is 0.131 e. The summed E-state index contributed by atoms with van der Waals surface area (Å²) in [5, 5.41) is 0. The molecule has 0 saturated carbocycles. The normalized spacial score (nSPS) is 12.2. The molecular weight excluding hydrogens is 231 g/mol. The van der Waals surface area contributed by atoms with Crippen molar-refractivity contribution < 1.29 is 9.13 Å². The zero-order chi connectivity index (χ0) is 13.0. The molecule has 18 heavy (non-hydrogen) atoms. The van der Waals surface area contributed by atoms with Crippen LogP contribution in [0, 0.1) is 5.82 Å². The van der Waals surface area contributed by atoms with Gasteiger partial charge in [-0.2, -0.15) is 0 Å². The van der Waals surface area contributed by atoms with E-state index in [-0.39, 0.29) is 11.9 Å². The number of pyridine rings is 1. The monoisotopic (exact) mass is 246 g/mol. The Morgan fingerprint density at radius 1 is 1.28 bits per heavy atom. The summed E-state index contributed by atoms with van der Waals surface area (Å²) in [6.07, 6.45) is 3.39. The van der Waals surface area contributed by atoms with E-state index in [4.69, 9.17) is 10.5 Å². The van der Waals surface area contributed by atoms with Crippen LogP contribution >= 0.6 is 0 Å². The molecule has 3 nitrogen and oxygen atoms in total. The van der Waals surface area contributed by atoms with E-state index in [9.17, 15) is 4.39 Å². The van der Waals surface area contributed by atoms with Gasteiger partial charge in [0, 0.05) is 30.1 Å². The van der Waals surface area contributed by atoms with Crippen LogP contribution in [0.5, 0.6) is 5.75 Å². The molecule has 1 aromatic carbocycles. The van der Waals surface area contributed by atoms with Gasteiger partial charge in [0.2, 0.25) is 0 Å². The minimum atomic E-state index is -0.336. The summed E-state index contributed by atoms with van der Waals surface area (Å²) in [6.45, 7) is 2.13. The quantitative estimate of drug-likeness (QED) is 0.902. The van der Waals surface area contributed by atoms with E-state index in [1.807, 2.05) is 12.1 Å². The van der Waals surface area contributed by atoms with Gasteiger partial charge < -0.3 is 10.5 Å². The lowest BCUT2D eigenvalue weighted by molar-refractivity contribution is 0.304. The van der Waals surface area contributed by atoms with Crippen molar-refractivity contribution in [2.45, 2.75) is 19.6 Å². The topological polar surface area (TPSA) is 48.1 Å². The zero-order valence-corrected chi connectivity index (χ0v) is 10.1. The van der Waals surface area contributed by atoms with Crippen molar-refractivity contribution in [2.24, 2.45) is 5.73 Å². The van der Waals surface area contributed by atoms with Crippen molar-refractivity contribution in [2.75, 3.05) is 0 Å². The smallest absolute Gasteiger partial charge is 0.131 e. The van der Waals surface area contributed by atoms with Gasteiger partial charge >= 0.3 is 0 Å². The Bertz CT molecular complexity index is 514. The highest BCUT2D eigenvalue weighted by molar-refractivity contribution is 5.30. The van der Waals surface area contributed by atoms with Gasteiger partial charge in [-0.1, -0.05) is 6.07 Å². The summed E-state index contributed by atoms with van der Waals surface area (Å²) in [5.74, 6) is 0.158. The van der Waals surface area contributed by atoms with Gasteiger partial charge in [0.25, 0.3) is 0 Å². The molecule has 4 heteroatoms. The van der Waals surface area contributed by atoms with E-state index in [0.29, 0.717) is 17.9 Å². The number of hydrogen-bond acceptors (Lipinski definition) is 3. The first-order valence-corrected chi connectivity index (χ1v) is 5.73. The molecule has 1 aromatic heterocycles. The van der Waals surface area contributed by atoms with Crippen LogP contribution in [0.1, 0.15) is 24.1 Å². The third-order valence-corrected chi connectivity index (χ3v) is 2.62. The Hall–Kier alpha value is -1.94. The fourth-order valence-corrected chi connectivity index (χ4v) is 1.61. The van der Waals surface area contributed by atoms with Crippen LogP contribution in [0.4, 0.5) is 4.39 Å². The predicted octanol–water partition coefficient (Wildman–Crippen LogP) is 2.82. The number of rotatable bonds is 4. The molecule has 94 valence electrons. The Balaban J connectivity index is 2.05. The fraction of sp³-hybridized carbons (Fsp3) is 0.214. The van der Waals surface area contributed by atoms with Gasteiger partial charge in [0.1, 0.15) is 18.2 Å². The standard InChI is InChI=1S/C14H15FN2O/c1-10(16)13-3-2-12(8-14(13)15)18-9-11-4-6-17-7-5-11/h2-8,10H,9,16H2,1H3. The molecule has 0 amide bonds. The van der Waals surface area contributed by atoms with Crippen LogP contribution in [-0.2, 0) is 6.61 Å². The number of hydrogen-bond donors (Lipinski definition) is 1. The highest BCUT2D eigenvalue weighted by Gasteiger charge is 2.08. The van der Waals surface area contributed by atoms with Crippen molar-refractivity contribution in [3.8, 4) is 5.75 Å². The van der Waals surface area contributed by atoms with Crippen molar-refractivity contribution in [1.82, 2.24) is 4.98 Å². The first kappa shape index (κ1) is 12.5. The van der Waals surface area contributed by atoms with Crippen molar-refractivity contribution in [1.29, 1.82) is 0 Å². The van der Waals surface area contributed by atoms with Crippen LogP contribution in [0.25, 0.3) is 0 Å². The van der Waals surface area contributed by atoms with Crippen LogP contribution in [0.2, 0.25) is 0 Å². The van der Waals surface area contributed by atoms with Crippen LogP contribution in [-0.4, -0.2) is 4.98 Å². The summed E-state index contributed by atoms with van der Waals surface area (Å²) < 4.78 is 19.2. The first-order valence-electron chi connectivity index (χ1n) is 5.73. The highest BCUT2D eigenvalue weighted by atomic mass is 19.1. The number of nitrogens with two attached hydrogens (primary N) is 1. The van der Waals surface area contributed by atoms with Crippen LogP contribution < -0.4 is 10.5 Å². The lowest BCUT2D eigenvalue weighted by Crippen LogP contribution is -2.07. The Labute approximate surface area is 105 Å². The van der Waals surface area contributed by atoms with E-state index in [1.165, 1.54) is 6.07 Å². The minimum absolute atomic E-state index is 0.320. The SMILES string of the molecule is CC(N)c1ccc(OCc2ccncc2)cc1F. The Morgan fingerprint density at radius 3 is 2.61 bits per heavy atom. The lowest BCUT2D eigenvalue weighted by Gasteiger charge is -2.10. The molecule has 1 unspecified atom stereocenters. The summed E-state index contributed by atoms with van der Waals surface area (Å²) in [4.78, 5) is 3.92. The van der Waals surface area contributed by atoms with Crippen molar-refractivity contribution >= 4 is 0 Å². The maximum atomic E-state index is 13.7. The van der Waals surface area contributed by atoms with Gasteiger partial charge in [-0.15, -0.1) is 0 Å². The Morgan fingerprint density at radius 2 is 2.00 bits per heavy atom. The fourth-order valence-electron chi connectivity index (χ4n) is 1.61. The molecule has 0 aliphatic carbocycles. The molecule has 0 saturated heterocycles. The van der Waals surface area contributed by atoms with Crippen molar-refractivity contribution in [3.05, 3.63) is 59.7 Å². The van der Waals surface area contributed by atoms with Gasteiger partial charge in [-0.05, 0) is 30.7 Å². The summed E-state index contributed by atoms with van der Waals surface area (Å²) in [6, 6.07) is 8.13. The largest absolute Gasteiger partial charge is 0.489 e. The van der Waals surface area contributed by atoms with E-state index < -0.39 is 0 Å². The summed E-state index contributed by atoms with van der Waals surface area (Å²) in [7, 11) is 0. The van der Waals surface area contributed by atoms with Crippen molar-refractivity contribution in [3.63, 3.8) is 0 Å². The van der Waals surface area contributed by atoms with Gasteiger partial charge in [0.05, 0.1) is 0 Å². The van der Waals surface area contributed by atoms with E-state index in [1.54, 1.807) is 31.5 Å². The molecular formula is C14H15FN2O. The average molecular weight is 246 g/mol. The van der Waals surface area contributed by atoms with E-state index in [0.717, 1.165) is 5.56 Å².